The van der Waals surface area contributed by atoms with Gasteiger partial charge in [0.1, 0.15) is 11.9 Å². The predicted molar refractivity (Wildman–Crippen MR) is 68.7 cm³/mol. The molecule has 0 bridgehead atoms. The zero-order chi connectivity index (χ0) is 12.5. The first-order valence-corrected chi connectivity index (χ1v) is 6.47. The van der Waals surface area contributed by atoms with Crippen molar-refractivity contribution in [2.24, 2.45) is 0 Å². The number of aryl methyl sites for hydroxylation is 1. The predicted octanol–water partition coefficient (Wildman–Crippen LogP) is 0.730. The molecule has 2 aliphatic heterocycles. The van der Waals surface area contributed by atoms with Gasteiger partial charge in [-0.1, -0.05) is 17.7 Å². The number of piperazine rings is 1. The van der Waals surface area contributed by atoms with E-state index in [2.05, 4.69) is 24.4 Å². The van der Waals surface area contributed by atoms with Crippen molar-refractivity contribution >= 4 is 5.91 Å². The molecule has 1 saturated heterocycles. The van der Waals surface area contributed by atoms with Crippen molar-refractivity contribution in [1.29, 1.82) is 0 Å². The third kappa shape index (κ3) is 2.20. The molecule has 1 aromatic carbocycles. The van der Waals surface area contributed by atoms with E-state index < -0.39 is 0 Å². The average molecular weight is 246 g/mol. The Bertz CT molecular complexity index is 473. The second kappa shape index (κ2) is 4.61. The molecule has 0 radical (unpaired) electrons. The quantitative estimate of drug-likeness (QED) is 0.836. The second-order valence-corrected chi connectivity index (χ2v) is 5.07. The third-order valence-electron chi connectivity index (χ3n) is 3.57. The SMILES string of the molecule is Cc1ccc2c(c1)CC(CN1CCNCC1=O)O2. The van der Waals surface area contributed by atoms with Gasteiger partial charge in [-0.3, -0.25) is 4.79 Å². The van der Waals surface area contributed by atoms with Crippen LogP contribution in [0.15, 0.2) is 18.2 Å². The Labute approximate surface area is 107 Å². The van der Waals surface area contributed by atoms with E-state index in [-0.39, 0.29) is 12.0 Å². The standard InChI is InChI=1S/C14H18N2O2/c1-10-2-3-13-11(6-10)7-12(18-13)9-16-5-4-15-8-14(16)17/h2-3,6,12,15H,4-5,7-9H2,1H3. The number of amides is 1. The normalized spacial score (nSPS) is 22.8. The van der Waals surface area contributed by atoms with Gasteiger partial charge < -0.3 is 15.0 Å². The fourth-order valence-corrected chi connectivity index (χ4v) is 2.64. The van der Waals surface area contributed by atoms with E-state index in [1.807, 2.05) is 11.0 Å². The van der Waals surface area contributed by atoms with Gasteiger partial charge in [0.2, 0.25) is 5.91 Å². The highest BCUT2D eigenvalue weighted by Crippen LogP contribution is 2.29. The lowest BCUT2D eigenvalue weighted by Crippen LogP contribution is -2.51. The molecule has 0 spiro atoms. The molecule has 1 atom stereocenters. The van der Waals surface area contributed by atoms with Gasteiger partial charge in [-0.05, 0) is 18.6 Å². The fraction of sp³-hybridized carbons (Fsp3) is 0.500. The van der Waals surface area contributed by atoms with Crippen molar-refractivity contribution in [2.75, 3.05) is 26.2 Å². The summed E-state index contributed by atoms with van der Waals surface area (Å²) in [6.45, 7) is 4.92. The maximum absolute atomic E-state index is 11.7. The molecule has 2 heterocycles. The van der Waals surface area contributed by atoms with Gasteiger partial charge in [-0.15, -0.1) is 0 Å². The largest absolute Gasteiger partial charge is 0.488 e. The zero-order valence-corrected chi connectivity index (χ0v) is 10.6. The number of ether oxygens (including phenoxy) is 1. The summed E-state index contributed by atoms with van der Waals surface area (Å²) in [5.41, 5.74) is 2.53. The highest BCUT2D eigenvalue weighted by Gasteiger charge is 2.27. The van der Waals surface area contributed by atoms with Crippen molar-refractivity contribution in [1.82, 2.24) is 10.2 Å². The molecule has 1 amide bonds. The van der Waals surface area contributed by atoms with Crippen molar-refractivity contribution < 1.29 is 9.53 Å². The molecular formula is C14H18N2O2. The summed E-state index contributed by atoms with van der Waals surface area (Å²) in [5.74, 6) is 1.16. The van der Waals surface area contributed by atoms with Gasteiger partial charge in [0, 0.05) is 19.5 Å². The molecule has 1 aromatic rings. The molecule has 0 saturated carbocycles. The lowest BCUT2D eigenvalue weighted by atomic mass is 10.1. The highest BCUT2D eigenvalue weighted by molar-refractivity contribution is 5.79. The lowest BCUT2D eigenvalue weighted by molar-refractivity contribution is -0.132. The summed E-state index contributed by atoms with van der Waals surface area (Å²) in [5, 5.41) is 3.08. The summed E-state index contributed by atoms with van der Waals surface area (Å²) >= 11 is 0. The Hall–Kier alpha value is -1.55. The number of benzene rings is 1. The van der Waals surface area contributed by atoms with E-state index in [4.69, 9.17) is 4.74 Å². The van der Waals surface area contributed by atoms with Crippen LogP contribution in [0.3, 0.4) is 0 Å². The first-order valence-electron chi connectivity index (χ1n) is 6.47. The molecule has 18 heavy (non-hydrogen) atoms. The smallest absolute Gasteiger partial charge is 0.236 e. The van der Waals surface area contributed by atoms with Gasteiger partial charge in [0.25, 0.3) is 0 Å². The summed E-state index contributed by atoms with van der Waals surface area (Å²) in [6.07, 6.45) is 1.03. The molecule has 1 fully saturated rings. The molecule has 4 nitrogen and oxygen atoms in total. The number of fused-ring (bicyclic) bond motifs is 1. The Kier molecular flexibility index (Phi) is 2.96. The Morgan fingerprint density at radius 3 is 3.22 bits per heavy atom. The van der Waals surface area contributed by atoms with E-state index >= 15 is 0 Å². The maximum Gasteiger partial charge on any atom is 0.236 e. The van der Waals surface area contributed by atoms with Crippen molar-refractivity contribution in [3.05, 3.63) is 29.3 Å². The van der Waals surface area contributed by atoms with Gasteiger partial charge in [0.15, 0.2) is 0 Å². The molecule has 3 rings (SSSR count). The molecule has 0 aromatic heterocycles. The molecule has 0 aliphatic carbocycles. The minimum Gasteiger partial charge on any atom is -0.488 e. The Morgan fingerprint density at radius 2 is 2.39 bits per heavy atom. The Balaban J connectivity index is 1.65. The first kappa shape index (κ1) is 11.5. The van der Waals surface area contributed by atoms with Crippen molar-refractivity contribution in [3.63, 3.8) is 0 Å². The van der Waals surface area contributed by atoms with Crippen LogP contribution in [0.5, 0.6) is 5.75 Å². The second-order valence-electron chi connectivity index (χ2n) is 5.07. The fourth-order valence-electron chi connectivity index (χ4n) is 2.64. The summed E-state index contributed by atoms with van der Waals surface area (Å²) in [6, 6.07) is 6.27. The number of carbonyl (C=O) groups is 1. The molecule has 2 aliphatic rings. The molecular weight excluding hydrogens is 228 g/mol. The number of hydrogen-bond donors (Lipinski definition) is 1. The van der Waals surface area contributed by atoms with Gasteiger partial charge in [-0.2, -0.15) is 0 Å². The topological polar surface area (TPSA) is 41.6 Å². The molecule has 1 N–H and O–H groups in total. The van der Waals surface area contributed by atoms with Crippen molar-refractivity contribution in [2.45, 2.75) is 19.4 Å². The average Bonchev–Trinajstić information content (AvgIpc) is 2.73. The zero-order valence-electron chi connectivity index (χ0n) is 10.6. The van der Waals surface area contributed by atoms with Gasteiger partial charge in [0.05, 0.1) is 13.1 Å². The van der Waals surface area contributed by atoms with Crippen LogP contribution in [-0.2, 0) is 11.2 Å². The van der Waals surface area contributed by atoms with Crippen LogP contribution in [0.1, 0.15) is 11.1 Å². The molecule has 96 valence electrons. The Morgan fingerprint density at radius 1 is 1.50 bits per heavy atom. The van der Waals surface area contributed by atoms with E-state index in [1.54, 1.807) is 0 Å². The number of hydrogen-bond acceptors (Lipinski definition) is 3. The van der Waals surface area contributed by atoms with E-state index in [9.17, 15) is 4.79 Å². The minimum absolute atomic E-state index is 0.115. The lowest BCUT2D eigenvalue weighted by Gasteiger charge is -2.29. The first-order chi connectivity index (χ1) is 8.72. The van der Waals surface area contributed by atoms with E-state index in [1.165, 1.54) is 11.1 Å². The monoisotopic (exact) mass is 246 g/mol. The summed E-state index contributed by atoms with van der Waals surface area (Å²) in [7, 11) is 0. The third-order valence-corrected chi connectivity index (χ3v) is 3.57. The summed E-state index contributed by atoms with van der Waals surface area (Å²) < 4.78 is 5.90. The van der Waals surface area contributed by atoms with Crippen LogP contribution in [0.4, 0.5) is 0 Å². The number of nitrogens with one attached hydrogen (secondary N) is 1. The summed E-state index contributed by atoms with van der Waals surface area (Å²) in [4.78, 5) is 13.6. The van der Waals surface area contributed by atoms with E-state index in [0.29, 0.717) is 13.1 Å². The van der Waals surface area contributed by atoms with Crippen LogP contribution in [0, 0.1) is 6.92 Å². The number of rotatable bonds is 2. The van der Waals surface area contributed by atoms with Crippen LogP contribution in [0.25, 0.3) is 0 Å². The van der Waals surface area contributed by atoms with Crippen LogP contribution >= 0.6 is 0 Å². The van der Waals surface area contributed by atoms with Gasteiger partial charge >= 0.3 is 0 Å². The van der Waals surface area contributed by atoms with Crippen molar-refractivity contribution in [3.8, 4) is 5.75 Å². The van der Waals surface area contributed by atoms with Crippen LogP contribution in [-0.4, -0.2) is 43.1 Å². The highest BCUT2D eigenvalue weighted by atomic mass is 16.5. The maximum atomic E-state index is 11.7. The number of nitrogens with zero attached hydrogens (tertiary/aromatic N) is 1. The van der Waals surface area contributed by atoms with Crippen LogP contribution in [0.2, 0.25) is 0 Å². The molecule has 1 unspecified atom stereocenters. The number of carbonyl (C=O) groups excluding carboxylic acids is 1. The minimum atomic E-state index is 0.115. The van der Waals surface area contributed by atoms with E-state index in [0.717, 1.165) is 25.3 Å². The molecule has 4 heteroatoms. The van der Waals surface area contributed by atoms with Gasteiger partial charge in [-0.25, -0.2) is 0 Å². The van der Waals surface area contributed by atoms with Crippen LogP contribution < -0.4 is 10.1 Å².